The molecule has 5 heteroatoms. The molecule has 102 valence electrons. The van der Waals surface area contributed by atoms with E-state index in [1.807, 2.05) is 31.0 Å². The van der Waals surface area contributed by atoms with E-state index in [0.29, 0.717) is 30.9 Å². The van der Waals surface area contributed by atoms with Gasteiger partial charge >= 0.3 is 0 Å². The molecule has 0 bridgehead atoms. The third-order valence-corrected chi connectivity index (χ3v) is 2.63. The molecule has 1 rings (SSSR count). The van der Waals surface area contributed by atoms with Crippen LogP contribution in [0.25, 0.3) is 0 Å². The van der Waals surface area contributed by atoms with Crippen LogP contribution in [0.4, 0.5) is 0 Å². The van der Waals surface area contributed by atoms with Crippen LogP contribution < -0.4 is 10.1 Å². The molecule has 0 saturated carbocycles. The third kappa shape index (κ3) is 4.60. The fraction of sp³-hybridized carbons (Fsp3) is 0.429. The fourth-order valence-electron chi connectivity index (χ4n) is 1.79. The van der Waals surface area contributed by atoms with E-state index in [1.165, 1.54) is 0 Å². The molecular formula is C14H19N3O2. The van der Waals surface area contributed by atoms with Gasteiger partial charge in [-0.25, -0.2) is 0 Å². The molecule has 0 aliphatic heterocycles. The summed E-state index contributed by atoms with van der Waals surface area (Å²) in [5, 5.41) is 11.7. The van der Waals surface area contributed by atoms with Crippen LogP contribution in [0.1, 0.15) is 18.1 Å². The van der Waals surface area contributed by atoms with Crippen molar-refractivity contribution in [3.05, 3.63) is 29.3 Å². The number of ether oxygens (including phenoxy) is 1. The fourth-order valence-corrected chi connectivity index (χ4v) is 1.79. The summed E-state index contributed by atoms with van der Waals surface area (Å²) in [6, 6.07) is 7.50. The number of rotatable bonds is 6. The standard InChI is InChI=1S/C14H19N3O2/c1-4-16-14(18)10-17(2)9-11-5-6-12(8-15)13(7-11)19-3/h5-7H,4,9-10H2,1-3H3,(H,16,18). The summed E-state index contributed by atoms with van der Waals surface area (Å²) in [7, 11) is 3.41. The number of amides is 1. The van der Waals surface area contributed by atoms with Gasteiger partial charge in [0.25, 0.3) is 0 Å². The van der Waals surface area contributed by atoms with E-state index in [0.717, 1.165) is 5.56 Å². The quantitative estimate of drug-likeness (QED) is 0.834. The Labute approximate surface area is 113 Å². The zero-order chi connectivity index (χ0) is 14.3. The van der Waals surface area contributed by atoms with Crippen LogP contribution >= 0.6 is 0 Å². The Morgan fingerprint density at radius 2 is 2.26 bits per heavy atom. The second kappa shape index (κ2) is 7.39. The molecule has 0 aromatic heterocycles. The van der Waals surface area contributed by atoms with Crippen molar-refractivity contribution in [2.75, 3.05) is 27.2 Å². The number of hydrogen-bond acceptors (Lipinski definition) is 4. The minimum atomic E-state index is 0.00519. The average molecular weight is 261 g/mol. The first kappa shape index (κ1) is 15.0. The number of methoxy groups -OCH3 is 1. The molecular weight excluding hydrogens is 242 g/mol. The summed E-state index contributed by atoms with van der Waals surface area (Å²) >= 11 is 0. The van der Waals surface area contributed by atoms with Crippen molar-refractivity contribution in [1.82, 2.24) is 10.2 Å². The SMILES string of the molecule is CCNC(=O)CN(C)Cc1ccc(C#N)c(OC)c1. The molecule has 0 heterocycles. The number of carbonyl (C=O) groups is 1. The Bertz CT molecular complexity index is 480. The van der Waals surface area contributed by atoms with Gasteiger partial charge in [0.05, 0.1) is 19.2 Å². The predicted octanol–water partition coefficient (Wildman–Crippen LogP) is 1.13. The molecule has 0 atom stereocenters. The van der Waals surface area contributed by atoms with Crippen LogP contribution in [-0.4, -0.2) is 38.1 Å². The Balaban J connectivity index is 2.67. The molecule has 0 spiro atoms. The van der Waals surface area contributed by atoms with Gasteiger partial charge in [-0.15, -0.1) is 0 Å². The second-order valence-electron chi connectivity index (χ2n) is 4.27. The molecule has 5 nitrogen and oxygen atoms in total. The van der Waals surface area contributed by atoms with E-state index >= 15 is 0 Å². The van der Waals surface area contributed by atoms with Crippen LogP contribution in [-0.2, 0) is 11.3 Å². The van der Waals surface area contributed by atoms with Gasteiger partial charge in [0.2, 0.25) is 5.91 Å². The van der Waals surface area contributed by atoms with Crippen molar-refractivity contribution < 1.29 is 9.53 Å². The summed E-state index contributed by atoms with van der Waals surface area (Å²) < 4.78 is 5.16. The molecule has 1 amide bonds. The number of hydrogen-bond donors (Lipinski definition) is 1. The number of nitriles is 1. The van der Waals surface area contributed by atoms with Gasteiger partial charge in [0, 0.05) is 13.1 Å². The lowest BCUT2D eigenvalue weighted by Gasteiger charge is -2.16. The van der Waals surface area contributed by atoms with E-state index in [9.17, 15) is 4.79 Å². The van der Waals surface area contributed by atoms with Crippen LogP contribution in [0.3, 0.4) is 0 Å². The minimum Gasteiger partial charge on any atom is -0.495 e. The molecule has 0 fully saturated rings. The molecule has 0 aliphatic rings. The lowest BCUT2D eigenvalue weighted by molar-refractivity contribution is -0.121. The topological polar surface area (TPSA) is 65.4 Å². The Morgan fingerprint density at radius 1 is 1.53 bits per heavy atom. The molecule has 1 aromatic carbocycles. The smallest absolute Gasteiger partial charge is 0.234 e. The molecule has 0 unspecified atom stereocenters. The monoisotopic (exact) mass is 261 g/mol. The predicted molar refractivity (Wildman–Crippen MR) is 72.7 cm³/mol. The lowest BCUT2D eigenvalue weighted by Crippen LogP contribution is -2.34. The van der Waals surface area contributed by atoms with Gasteiger partial charge in [-0.2, -0.15) is 5.26 Å². The van der Waals surface area contributed by atoms with E-state index in [1.54, 1.807) is 13.2 Å². The molecule has 0 aliphatic carbocycles. The van der Waals surface area contributed by atoms with Crippen molar-refractivity contribution in [3.63, 3.8) is 0 Å². The summed E-state index contributed by atoms with van der Waals surface area (Å²) in [5.41, 5.74) is 1.51. The van der Waals surface area contributed by atoms with Crippen LogP contribution in [0.5, 0.6) is 5.75 Å². The van der Waals surface area contributed by atoms with Crippen molar-refractivity contribution in [1.29, 1.82) is 5.26 Å². The van der Waals surface area contributed by atoms with Crippen LogP contribution in [0.15, 0.2) is 18.2 Å². The van der Waals surface area contributed by atoms with Crippen LogP contribution in [0, 0.1) is 11.3 Å². The number of likely N-dealkylation sites (N-methyl/N-ethyl adjacent to an activating group) is 2. The summed E-state index contributed by atoms with van der Waals surface area (Å²) in [5.74, 6) is 0.567. The van der Waals surface area contributed by atoms with Gasteiger partial charge in [-0.05, 0) is 31.7 Å². The van der Waals surface area contributed by atoms with E-state index in [4.69, 9.17) is 10.00 Å². The summed E-state index contributed by atoms with van der Waals surface area (Å²) in [6.45, 7) is 3.50. The zero-order valence-electron chi connectivity index (χ0n) is 11.6. The largest absolute Gasteiger partial charge is 0.495 e. The summed E-state index contributed by atoms with van der Waals surface area (Å²) in [6.07, 6.45) is 0. The van der Waals surface area contributed by atoms with Gasteiger partial charge in [0.15, 0.2) is 0 Å². The first-order valence-electron chi connectivity index (χ1n) is 6.13. The highest BCUT2D eigenvalue weighted by molar-refractivity contribution is 5.77. The first-order valence-corrected chi connectivity index (χ1v) is 6.13. The number of nitrogens with zero attached hydrogens (tertiary/aromatic N) is 2. The normalized spacial score (nSPS) is 10.1. The second-order valence-corrected chi connectivity index (χ2v) is 4.27. The molecule has 0 radical (unpaired) electrons. The number of nitrogens with one attached hydrogen (secondary N) is 1. The molecule has 0 saturated heterocycles. The van der Waals surface area contributed by atoms with Crippen LogP contribution in [0.2, 0.25) is 0 Å². The van der Waals surface area contributed by atoms with Crippen molar-refractivity contribution in [2.24, 2.45) is 0 Å². The Hall–Kier alpha value is -2.06. The van der Waals surface area contributed by atoms with Gasteiger partial charge < -0.3 is 10.1 Å². The summed E-state index contributed by atoms with van der Waals surface area (Å²) in [4.78, 5) is 13.4. The Morgan fingerprint density at radius 3 is 2.84 bits per heavy atom. The van der Waals surface area contributed by atoms with E-state index in [2.05, 4.69) is 11.4 Å². The highest BCUT2D eigenvalue weighted by atomic mass is 16.5. The van der Waals surface area contributed by atoms with Crippen molar-refractivity contribution in [2.45, 2.75) is 13.5 Å². The first-order chi connectivity index (χ1) is 9.10. The highest BCUT2D eigenvalue weighted by Crippen LogP contribution is 2.19. The van der Waals surface area contributed by atoms with E-state index < -0.39 is 0 Å². The maximum atomic E-state index is 11.4. The average Bonchev–Trinajstić information content (AvgIpc) is 2.38. The minimum absolute atomic E-state index is 0.00519. The van der Waals surface area contributed by atoms with E-state index in [-0.39, 0.29) is 5.91 Å². The third-order valence-electron chi connectivity index (χ3n) is 2.63. The van der Waals surface area contributed by atoms with Crippen molar-refractivity contribution >= 4 is 5.91 Å². The molecule has 1 N–H and O–H groups in total. The Kier molecular flexibility index (Phi) is 5.83. The van der Waals surface area contributed by atoms with Crippen molar-refractivity contribution in [3.8, 4) is 11.8 Å². The highest BCUT2D eigenvalue weighted by Gasteiger charge is 2.08. The van der Waals surface area contributed by atoms with Gasteiger partial charge in [-0.3, -0.25) is 9.69 Å². The number of carbonyl (C=O) groups excluding carboxylic acids is 1. The number of benzene rings is 1. The lowest BCUT2D eigenvalue weighted by atomic mass is 10.1. The van der Waals surface area contributed by atoms with Gasteiger partial charge in [-0.1, -0.05) is 6.07 Å². The maximum absolute atomic E-state index is 11.4. The maximum Gasteiger partial charge on any atom is 0.234 e. The molecule has 19 heavy (non-hydrogen) atoms. The zero-order valence-corrected chi connectivity index (χ0v) is 11.6. The molecule has 1 aromatic rings. The van der Waals surface area contributed by atoms with Gasteiger partial charge in [0.1, 0.15) is 11.8 Å².